The Morgan fingerprint density at radius 1 is 0.837 bits per heavy atom. The number of carbonyl (C=O) groups is 3. The van der Waals surface area contributed by atoms with Crippen molar-refractivity contribution in [2.45, 2.75) is 25.5 Å². The Hall–Kier alpha value is -5.05. The first-order chi connectivity index (χ1) is 20.8. The minimum absolute atomic E-state index is 0.0505. The lowest BCUT2D eigenvalue weighted by Crippen LogP contribution is -2.44. The second-order valence-electron chi connectivity index (χ2n) is 10.5. The molecule has 4 N–H and O–H groups in total. The zero-order valence-corrected chi connectivity index (χ0v) is 23.7. The second kappa shape index (κ2) is 12.9. The maximum absolute atomic E-state index is 14.0. The van der Waals surface area contributed by atoms with Gasteiger partial charge in [-0.25, -0.2) is 0 Å². The van der Waals surface area contributed by atoms with E-state index in [4.69, 9.17) is 0 Å². The predicted molar refractivity (Wildman–Crippen MR) is 167 cm³/mol. The third-order valence-corrected chi connectivity index (χ3v) is 7.50. The zero-order chi connectivity index (χ0) is 30.4. The Bertz CT molecular complexity index is 1650. The summed E-state index contributed by atoms with van der Waals surface area (Å²) in [6.07, 6.45) is 3.84. The largest absolute Gasteiger partial charge is 0.396 e. The summed E-state index contributed by atoms with van der Waals surface area (Å²) in [5.41, 5.74) is 1.76. The molecule has 4 aromatic carbocycles. The predicted octanol–water partition coefficient (Wildman–Crippen LogP) is 5.50. The van der Waals surface area contributed by atoms with Crippen LogP contribution in [-0.4, -0.2) is 34.5 Å². The van der Waals surface area contributed by atoms with Crippen molar-refractivity contribution in [2.75, 3.05) is 22.1 Å². The Labute approximate surface area is 250 Å². The summed E-state index contributed by atoms with van der Waals surface area (Å²) in [6.45, 7) is 1.84. The number of hydrogen-bond acceptors (Lipinski definition) is 5. The van der Waals surface area contributed by atoms with Crippen molar-refractivity contribution >= 4 is 34.8 Å². The lowest BCUT2D eigenvalue weighted by Gasteiger charge is -2.28. The summed E-state index contributed by atoms with van der Waals surface area (Å²) < 4.78 is 0. The van der Waals surface area contributed by atoms with Gasteiger partial charge in [0.05, 0.1) is 12.2 Å². The van der Waals surface area contributed by atoms with E-state index in [1.54, 1.807) is 104 Å². The smallest absolute Gasteiger partial charge is 0.264 e. The standard InChI is InChI=1S/C35H33N3O5/c1-24(11-8-9-20-39)35(43)30-22-29(37-33(41)27-15-6-3-7-16-27)18-19-31(30)38(34(35)42)23-25-12-10-17-28(21-25)36-32(40)26-13-4-2-5-14-26/h2-8,10-19,21-22,24,39,43H,9,20,23H2,1H3,(H,36,40)(H,37,41)/b11-8+/t24-,35+/m1/s1. The van der Waals surface area contributed by atoms with E-state index in [1.165, 1.54) is 4.90 Å². The third kappa shape index (κ3) is 6.25. The van der Waals surface area contributed by atoms with Gasteiger partial charge in [-0.2, -0.15) is 0 Å². The molecule has 0 bridgehead atoms. The average Bonchev–Trinajstić information content (AvgIpc) is 3.24. The van der Waals surface area contributed by atoms with Gasteiger partial charge in [0.15, 0.2) is 5.60 Å². The van der Waals surface area contributed by atoms with Crippen LogP contribution < -0.4 is 15.5 Å². The number of benzene rings is 4. The van der Waals surface area contributed by atoms with Crippen LogP contribution in [0.5, 0.6) is 0 Å². The van der Waals surface area contributed by atoms with Gasteiger partial charge in [-0.1, -0.05) is 67.6 Å². The molecule has 2 atom stereocenters. The van der Waals surface area contributed by atoms with E-state index in [1.807, 2.05) is 18.2 Å². The first-order valence-electron chi connectivity index (χ1n) is 14.1. The highest BCUT2D eigenvalue weighted by Crippen LogP contribution is 2.47. The van der Waals surface area contributed by atoms with Crippen molar-refractivity contribution in [1.82, 2.24) is 0 Å². The zero-order valence-electron chi connectivity index (χ0n) is 23.7. The summed E-state index contributed by atoms with van der Waals surface area (Å²) in [7, 11) is 0. The van der Waals surface area contributed by atoms with Crippen LogP contribution in [0.2, 0.25) is 0 Å². The van der Waals surface area contributed by atoms with Crippen molar-refractivity contribution < 1.29 is 24.6 Å². The summed E-state index contributed by atoms with van der Waals surface area (Å²) in [5, 5.41) is 27.0. The third-order valence-electron chi connectivity index (χ3n) is 7.50. The van der Waals surface area contributed by atoms with E-state index in [0.717, 1.165) is 5.56 Å². The quantitative estimate of drug-likeness (QED) is 0.186. The fraction of sp³-hybridized carbons (Fsp3) is 0.171. The minimum Gasteiger partial charge on any atom is -0.396 e. The van der Waals surface area contributed by atoms with Crippen molar-refractivity contribution in [1.29, 1.82) is 0 Å². The summed E-state index contributed by atoms with van der Waals surface area (Å²) in [4.78, 5) is 41.1. The molecule has 0 unspecified atom stereocenters. The molecule has 3 amide bonds. The number of nitrogens with zero attached hydrogens (tertiary/aromatic N) is 1. The normalized spacial score (nSPS) is 16.6. The lowest BCUT2D eigenvalue weighted by molar-refractivity contribution is -0.139. The number of hydrogen-bond donors (Lipinski definition) is 4. The molecule has 1 heterocycles. The lowest BCUT2D eigenvalue weighted by atomic mass is 9.82. The number of aliphatic hydroxyl groups is 2. The highest BCUT2D eigenvalue weighted by Gasteiger charge is 2.52. The molecule has 8 heteroatoms. The highest BCUT2D eigenvalue weighted by molar-refractivity contribution is 6.09. The Kier molecular flexibility index (Phi) is 8.80. The number of nitrogens with one attached hydrogen (secondary N) is 2. The van der Waals surface area contributed by atoms with Crippen molar-refractivity contribution in [2.24, 2.45) is 5.92 Å². The maximum atomic E-state index is 14.0. The fourth-order valence-electron chi connectivity index (χ4n) is 5.21. The number of amides is 3. The van der Waals surface area contributed by atoms with Gasteiger partial charge in [0.25, 0.3) is 17.7 Å². The Morgan fingerprint density at radius 3 is 2.05 bits per heavy atom. The number of carbonyl (C=O) groups excluding carboxylic acids is 3. The van der Waals surface area contributed by atoms with Gasteiger partial charge in [0, 0.05) is 40.6 Å². The van der Waals surface area contributed by atoms with Crippen LogP contribution >= 0.6 is 0 Å². The molecular weight excluding hydrogens is 542 g/mol. The molecule has 1 aliphatic heterocycles. The number of anilines is 3. The van der Waals surface area contributed by atoms with E-state index in [9.17, 15) is 24.6 Å². The van der Waals surface area contributed by atoms with Gasteiger partial charge in [-0.05, 0) is 66.6 Å². The average molecular weight is 576 g/mol. The van der Waals surface area contributed by atoms with Gasteiger partial charge < -0.3 is 25.7 Å². The molecule has 0 saturated carbocycles. The minimum atomic E-state index is -1.91. The van der Waals surface area contributed by atoms with Crippen molar-refractivity contribution in [3.05, 3.63) is 138 Å². The molecular formula is C35H33N3O5. The number of rotatable bonds is 10. The van der Waals surface area contributed by atoms with Gasteiger partial charge >= 0.3 is 0 Å². The fourth-order valence-corrected chi connectivity index (χ4v) is 5.21. The van der Waals surface area contributed by atoms with Crippen LogP contribution in [0.1, 0.15) is 45.2 Å². The van der Waals surface area contributed by atoms with E-state index < -0.39 is 17.4 Å². The molecule has 218 valence electrons. The summed E-state index contributed by atoms with van der Waals surface area (Å²) >= 11 is 0. The van der Waals surface area contributed by atoms with E-state index in [2.05, 4.69) is 10.6 Å². The molecule has 1 aliphatic rings. The van der Waals surface area contributed by atoms with Crippen molar-refractivity contribution in [3.8, 4) is 0 Å². The van der Waals surface area contributed by atoms with Crippen LogP contribution in [0.15, 0.2) is 115 Å². The molecule has 8 nitrogen and oxygen atoms in total. The first kappa shape index (κ1) is 29.4. The molecule has 0 radical (unpaired) electrons. The van der Waals surface area contributed by atoms with E-state index in [-0.39, 0.29) is 25.0 Å². The molecule has 0 spiro atoms. The highest BCUT2D eigenvalue weighted by atomic mass is 16.3. The summed E-state index contributed by atoms with van der Waals surface area (Å²) in [5.74, 6) is -1.69. The monoisotopic (exact) mass is 575 g/mol. The second-order valence-corrected chi connectivity index (χ2v) is 10.5. The van der Waals surface area contributed by atoms with Crippen LogP contribution in [0.4, 0.5) is 17.1 Å². The molecule has 0 aromatic heterocycles. The topological polar surface area (TPSA) is 119 Å². The maximum Gasteiger partial charge on any atom is 0.264 e. The van der Waals surface area contributed by atoms with Gasteiger partial charge in [-0.3, -0.25) is 14.4 Å². The van der Waals surface area contributed by atoms with Crippen LogP contribution in [0.3, 0.4) is 0 Å². The van der Waals surface area contributed by atoms with Gasteiger partial charge in [0.1, 0.15) is 0 Å². The number of aliphatic hydroxyl groups excluding tert-OH is 1. The number of fused-ring (bicyclic) bond motifs is 1. The SMILES string of the molecule is C[C@H](/C=C/CCO)[C@@]1(O)C(=O)N(Cc2cccc(NC(=O)c3ccccc3)c2)c2ccc(NC(=O)c3ccccc3)cc21. The van der Waals surface area contributed by atoms with Gasteiger partial charge in [-0.15, -0.1) is 0 Å². The van der Waals surface area contributed by atoms with Crippen LogP contribution in [0.25, 0.3) is 0 Å². The van der Waals surface area contributed by atoms with E-state index >= 15 is 0 Å². The molecule has 43 heavy (non-hydrogen) atoms. The molecule has 0 aliphatic carbocycles. The first-order valence-corrected chi connectivity index (χ1v) is 14.1. The summed E-state index contributed by atoms with van der Waals surface area (Å²) in [6, 6.07) is 29.9. The molecule has 5 rings (SSSR count). The van der Waals surface area contributed by atoms with Crippen LogP contribution in [0, 0.1) is 5.92 Å². The Morgan fingerprint density at radius 2 is 1.44 bits per heavy atom. The van der Waals surface area contributed by atoms with Crippen molar-refractivity contribution in [3.63, 3.8) is 0 Å². The molecule has 4 aromatic rings. The van der Waals surface area contributed by atoms with Gasteiger partial charge in [0.2, 0.25) is 0 Å². The van der Waals surface area contributed by atoms with Crippen LogP contribution in [-0.2, 0) is 16.9 Å². The Balaban J connectivity index is 1.45. The van der Waals surface area contributed by atoms with E-state index in [0.29, 0.717) is 40.2 Å². The molecule has 0 fully saturated rings. The molecule has 0 saturated heterocycles.